The van der Waals surface area contributed by atoms with Crippen molar-refractivity contribution in [2.75, 3.05) is 13.7 Å². The van der Waals surface area contributed by atoms with E-state index in [1.54, 1.807) is 0 Å². The molecule has 126 valence electrons. The number of amides is 1. The molecule has 2 N–H and O–H groups in total. The van der Waals surface area contributed by atoms with Crippen molar-refractivity contribution in [1.29, 1.82) is 0 Å². The molecule has 2 aromatic rings. The molecule has 0 aliphatic carbocycles. The Bertz CT molecular complexity index is 822. The molecule has 0 aliphatic heterocycles. The summed E-state index contributed by atoms with van der Waals surface area (Å²) in [5, 5.41) is 0. The Morgan fingerprint density at radius 2 is 1.62 bits per heavy atom. The molecule has 0 saturated carbocycles. The third kappa shape index (κ3) is 3.70. The first-order valence-electron chi connectivity index (χ1n) is 6.66. The summed E-state index contributed by atoms with van der Waals surface area (Å²) in [4.78, 5) is 14.5. The number of rotatable bonds is 4. The van der Waals surface area contributed by atoms with Gasteiger partial charge in [-0.1, -0.05) is 12.1 Å². The monoisotopic (exact) mass is 340 g/mol. The SMILES string of the molecule is C/N=C(\COC(N)=O)c1ccc(-c2cc(F)c(F)cc2F)c(F)c1. The first-order chi connectivity index (χ1) is 11.3. The molecule has 2 rings (SSSR count). The Morgan fingerprint density at radius 1 is 1.00 bits per heavy atom. The molecule has 0 aliphatic rings. The van der Waals surface area contributed by atoms with Crippen molar-refractivity contribution < 1.29 is 27.1 Å². The van der Waals surface area contributed by atoms with Crippen LogP contribution in [0.25, 0.3) is 11.1 Å². The summed E-state index contributed by atoms with van der Waals surface area (Å²) in [6.07, 6.45) is -1.02. The fourth-order valence-electron chi connectivity index (χ4n) is 2.06. The van der Waals surface area contributed by atoms with E-state index in [9.17, 15) is 22.4 Å². The number of carbonyl (C=O) groups is 1. The molecule has 0 atom stereocenters. The van der Waals surface area contributed by atoms with E-state index in [0.29, 0.717) is 12.1 Å². The summed E-state index contributed by atoms with van der Waals surface area (Å²) in [7, 11) is 1.40. The topological polar surface area (TPSA) is 64.7 Å². The second kappa shape index (κ2) is 7.12. The van der Waals surface area contributed by atoms with E-state index in [1.807, 2.05) is 0 Å². The van der Waals surface area contributed by atoms with E-state index in [-0.39, 0.29) is 23.4 Å². The standard InChI is InChI=1S/C16H12F4N2O2/c1-22-15(7-24-16(21)23)8-2-3-9(11(17)4-8)10-5-13(19)14(20)6-12(10)18/h2-6H,7H2,1H3,(H2,21,23)/b22-15+. The maximum absolute atomic E-state index is 14.3. The zero-order valence-electron chi connectivity index (χ0n) is 12.4. The van der Waals surface area contributed by atoms with Gasteiger partial charge in [0.1, 0.15) is 18.2 Å². The maximum atomic E-state index is 14.3. The lowest BCUT2D eigenvalue weighted by molar-refractivity contribution is 0.173. The molecule has 1 amide bonds. The summed E-state index contributed by atoms with van der Waals surface area (Å²) in [6, 6.07) is 4.51. The van der Waals surface area contributed by atoms with Gasteiger partial charge in [0.05, 0.1) is 5.71 Å². The minimum absolute atomic E-state index is 0.227. The van der Waals surface area contributed by atoms with Gasteiger partial charge in [0, 0.05) is 29.8 Å². The minimum Gasteiger partial charge on any atom is -0.443 e. The number of nitrogens with zero attached hydrogens (tertiary/aromatic N) is 1. The zero-order valence-corrected chi connectivity index (χ0v) is 12.4. The molecule has 4 nitrogen and oxygen atoms in total. The summed E-state index contributed by atoms with van der Waals surface area (Å²) in [5.41, 5.74) is 4.68. The van der Waals surface area contributed by atoms with E-state index in [0.717, 1.165) is 6.07 Å². The lowest BCUT2D eigenvalue weighted by Gasteiger charge is -2.10. The van der Waals surface area contributed by atoms with Gasteiger partial charge in [0.15, 0.2) is 11.6 Å². The molecule has 0 saturated heterocycles. The van der Waals surface area contributed by atoms with E-state index >= 15 is 0 Å². The fraction of sp³-hybridized carbons (Fsp3) is 0.125. The van der Waals surface area contributed by atoms with Crippen molar-refractivity contribution in [2.45, 2.75) is 0 Å². The number of hydrogen-bond donors (Lipinski definition) is 1. The maximum Gasteiger partial charge on any atom is 0.404 e. The lowest BCUT2D eigenvalue weighted by atomic mass is 10.0. The molecule has 0 fully saturated rings. The van der Waals surface area contributed by atoms with Crippen molar-refractivity contribution in [1.82, 2.24) is 0 Å². The van der Waals surface area contributed by atoms with Crippen LogP contribution >= 0.6 is 0 Å². The minimum atomic E-state index is -1.36. The predicted molar refractivity (Wildman–Crippen MR) is 79.7 cm³/mol. The molecular weight excluding hydrogens is 328 g/mol. The zero-order chi connectivity index (χ0) is 17.9. The Morgan fingerprint density at radius 3 is 2.21 bits per heavy atom. The molecule has 0 unspecified atom stereocenters. The fourth-order valence-corrected chi connectivity index (χ4v) is 2.06. The van der Waals surface area contributed by atoms with Crippen LogP contribution in [0.2, 0.25) is 0 Å². The van der Waals surface area contributed by atoms with Crippen LogP contribution in [-0.2, 0) is 4.74 Å². The number of aliphatic imine (C=N–C) groups is 1. The van der Waals surface area contributed by atoms with Crippen molar-refractivity contribution >= 4 is 11.8 Å². The lowest BCUT2D eigenvalue weighted by Crippen LogP contribution is -2.19. The highest BCUT2D eigenvalue weighted by Crippen LogP contribution is 2.28. The summed E-state index contributed by atoms with van der Waals surface area (Å²) in [5.74, 6) is -4.63. The van der Waals surface area contributed by atoms with Gasteiger partial charge in [0.2, 0.25) is 0 Å². The normalized spacial score (nSPS) is 11.5. The van der Waals surface area contributed by atoms with Crippen LogP contribution in [0.3, 0.4) is 0 Å². The number of primary amides is 1. The molecule has 2 aromatic carbocycles. The van der Waals surface area contributed by atoms with Crippen LogP contribution in [0, 0.1) is 23.3 Å². The number of halogens is 4. The second-order valence-corrected chi connectivity index (χ2v) is 4.72. The summed E-state index contributed by atoms with van der Waals surface area (Å²) >= 11 is 0. The molecule has 24 heavy (non-hydrogen) atoms. The van der Waals surface area contributed by atoms with Gasteiger partial charge in [-0.2, -0.15) is 0 Å². The highest BCUT2D eigenvalue weighted by Gasteiger charge is 2.16. The quantitative estimate of drug-likeness (QED) is 0.526. The van der Waals surface area contributed by atoms with E-state index in [1.165, 1.54) is 19.2 Å². The highest BCUT2D eigenvalue weighted by molar-refractivity contribution is 6.02. The van der Waals surface area contributed by atoms with Crippen LogP contribution < -0.4 is 5.73 Å². The third-order valence-corrected chi connectivity index (χ3v) is 3.22. The first-order valence-corrected chi connectivity index (χ1v) is 6.66. The van der Waals surface area contributed by atoms with Gasteiger partial charge in [-0.25, -0.2) is 22.4 Å². The number of ether oxygens (including phenoxy) is 1. The average molecular weight is 340 g/mol. The molecule has 8 heteroatoms. The Balaban J connectivity index is 2.40. The average Bonchev–Trinajstić information content (AvgIpc) is 2.52. The van der Waals surface area contributed by atoms with Crippen molar-refractivity contribution in [3.63, 3.8) is 0 Å². The molecule has 0 heterocycles. The van der Waals surface area contributed by atoms with E-state index < -0.39 is 34.9 Å². The molecule has 0 aromatic heterocycles. The Hall–Kier alpha value is -2.90. The molecule has 0 spiro atoms. The summed E-state index contributed by atoms with van der Waals surface area (Å²) < 4.78 is 58.9. The third-order valence-electron chi connectivity index (χ3n) is 3.22. The van der Waals surface area contributed by atoms with Gasteiger partial charge in [-0.15, -0.1) is 0 Å². The van der Waals surface area contributed by atoms with Gasteiger partial charge in [-0.05, 0) is 12.1 Å². The Labute approximate surface area is 134 Å². The number of carbonyl (C=O) groups excluding carboxylic acids is 1. The highest BCUT2D eigenvalue weighted by atomic mass is 19.2. The number of benzene rings is 2. The largest absolute Gasteiger partial charge is 0.443 e. The van der Waals surface area contributed by atoms with Crippen LogP contribution in [-0.4, -0.2) is 25.5 Å². The van der Waals surface area contributed by atoms with Crippen molar-refractivity contribution in [3.8, 4) is 11.1 Å². The van der Waals surface area contributed by atoms with Crippen molar-refractivity contribution in [3.05, 3.63) is 59.2 Å². The number of hydrogen-bond acceptors (Lipinski definition) is 3. The van der Waals surface area contributed by atoms with Gasteiger partial charge in [-0.3, -0.25) is 4.99 Å². The summed E-state index contributed by atoms with van der Waals surface area (Å²) in [6.45, 7) is -0.274. The van der Waals surface area contributed by atoms with E-state index in [4.69, 9.17) is 5.73 Å². The van der Waals surface area contributed by atoms with Crippen LogP contribution in [0.1, 0.15) is 5.56 Å². The second-order valence-electron chi connectivity index (χ2n) is 4.72. The van der Waals surface area contributed by atoms with E-state index in [2.05, 4.69) is 9.73 Å². The van der Waals surface area contributed by atoms with Gasteiger partial charge in [0.25, 0.3) is 0 Å². The van der Waals surface area contributed by atoms with Gasteiger partial charge < -0.3 is 10.5 Å². The van der Waals surface area contributed by atoms with Crippen LogP contribution in [0.5, 0.6) is 0 Å². The predicted octanol–water partition coefficient (Wildman–Crippen LogP) is 3.42. The van der Waals surface area contributed by atoms with Crippen LogP contribution in [0.15, 0.2) is 35.3 Å². The molecular formula is C16H12F4N2O2. The Kier molecular flexibility index (Phi) is 5.18. The molecule has 0 bridgehead atoms. The molecule has 0 radical (unpaired) electrons. The number of nitrogens with two attached hydrogens (primary N) is 1. The van der Waals surface area contributed by atoms with Crippen LogP contribution in [0.4, 0.5) is 22.4 Å². The first kappa shape index (κ1) is 17.5. The van der Waals surface area contributed by atoms with Crippen molar-refractivity contribution in [2.24, 2.45) is 10.7 Å². The smallest absolute Gasteiger partial charge is 0.404 e. The van der Waals surface area contributed by atoms with Gasteiger partial charge >= 0.3 is 6.09 Å².